The lowest BCUT2D eigenvalue weighted by Crippen LogP contribution is -2.44. The Morgan fingerprint density at radius 3 is 2.10 bits per heavy atom. The van der Waals surface area contributed by atoms with Gasteiger partial charge in [0.25, 0.3) is 5.91 Å². The topological polar surface area (TPSA) is 77.9 Å². The molecule has 112 valence electrons. The van der Waals surface area contributed by atoms with Gasteiger partial charge in [-0.3, -0.25) is 10.0 Å². The number of hydroxylamine groups is 1. The third-order valence-electron chi connectivity index (χ3n) is 2.34. The summed E-state index contributed by atoms with van der Waals surface area (Å²) in [4.78, 5) is 10.8. The molecule has 0 aliphatic heterocycles. The van der Waals surface area contributed by atoms with Crippen LogP contribution in [0.3, 0.4) is 0 Å². The molecule has 1 aromatic carbocycles. The van der Waals surface area contributed by atoms with E-state index in [9.17, 15) is 31.6 Å². The van der Waals surface area contributed by atoms with Crippen molar-refractivity contribution in [2.75, 3.05) is 7.05 Å². The van der Waals surface area contributed by atoms with Crippen molar-refractivity contribution in [1.29, 1.82) is 0 Å². The molecule has 0 aromatic heterocycles. The molecule has 0 radical (unpaired) electrons. The summed E-state index contributed by atoms with van der Waals surface area (Å²) >= 11 is 0. The molecule has 10 heteroatoms. The molecule has 0 spiro atoms. The highest BCUT2D eigenvalue weighted by molar-refractivity contribution is 7.88. The number of hydrazine groups is 1. The molecule has 1 aromatic rings. The van der Waals surface area contributed by atoms with Crippen molar-refractivity contribution in [2.45, 2.75) is 12.7 Å². The first kappa shape index (κ1) is 16.4. The molecular weight excluding hydrogens is 301 g/mol. The minimum Gasteiger partial charge on any atom is -0.271 e. The zero-order chi connectivity index (χ0) is 15.7. The standard InChI is InChI=1S/C10H11F3N2O4S/c1-6(16)15(17)14(2)20(18,19)5-7-3-8(11)10(13)9(12)4-7/h3-4,17H,5H2,1-2H3. The SMILES string of the molecule is CC(=O)N(O)N(C)S(=O)(=O)Cc1cc(F)c(F)c(F)c1. The van der Waals surface area contributed by atoms with Crippen molar-refractivity contribution in [1.82, 2.24) is 9.59 Å². The van der Waals surface area contributed by atoms with Crippen LogP contribution in [0.5, 0.6) is 0 Å². The number of halogens is 3. The minimum absolute atomic E-state index is 0.175. The van der Waals surface area contributed by atoms with Crippen LogP contribution in [-0.4, -0.2) is 36.2 Å². The van der Waals surface area contributed by atoms with Crippen LogP contribution >= 0.6 is 0 Å². The Bertz CT molecular complexity index is 612. The second-order valence-electron chi connectivity index (χ2n) is 3.87. The van der Waals surface area contributed by atoms with E-state index < -0.39 is 39.1 Å². The van der Waals surface area contributed by atoms with Gasteiger partial charge in [-0.15, -0.1) is 5.17 Å². The molecule has 1 N–H and O–H groups in total. The lowest BCUT2D eigenvalue weighted by Gasteiger charge is -2.23. The van der Waals surface area contributed by atoms with Crippen molar-refractivity contribution < 1.29 is 31.6 Å². The van der Waals surface area contributed by atoms with Gasteiger partial charge in [-0.05, 0) is 17.7 Å². The Hall–Kier alpha value is -1.65. The number of carbonyl (C=O) groups excluding carboxylic acids is 1. The maximum Gasteiger partial charge on any atom is 0.259 e. The maximum absolute atomic E-state index is 13.0. The van der Waals surface area contributed by atoms with Crippen molar-refractivity contribution in [2.24, 2.45) is 0 Å². The van der Waals surface area contributed by atoms with Crippen LogP contribution in [0.25, 0.3) is 0 Å². The predicted octanol–water partition coefficient (Wildman–Crippen LogP) is 1.02. The molecule has 1 amide bonds. The molecule has 0 atom stereocenters. The number of hydrogen-bond acceptors (Lipinski definition) is 4. The third-order valence-corrected chi connectivity index (χ3v) is 4.00. The number of benzene rings is 1. The molecule has 1 rings (SSSR count). The van der Waals surface area contributed by atoms with Gasteiger partial charge in [-0.25, -0.2) is 21.6 Å². The van der Waals surface area contributed by atoms with Crippen LogP contribution in [0.15, 0.2) is 12.1 Å². The lowest BCUT2D eigenvalue weighted by atomic mass is 10.2. The molecule has 0 bridgehead atoms. The van der Waals surface area contributed by atoms with Gasteiger partial charge < -0.3 is 0 Å². The molecule has 0 saturated carbocycles. The van der Waals surface area contributed by atoms with Gasteiger partial charge in [0.15, 0.2) is 17.5 Å². The molecule has 0 fully saturated rings. The number of hydrogen-bond donors (Lipinski definition) is 1. The Morgan fingerprint density at radius 2 is 1.70 bits per heavy atom. The number of nitrogens with zero attached hydrogens (tertiary/aromatic N) is 2. The fourth-order valence-corrected chi connectivity index (χ4v) is 2.44. The molecule has 0 aliphatic carbocycles. The van der Waals surface area contributed by atoms with E-state index in [0.717, 1.165) is 14.0 Å². The molecule has 20 heavy (non-hydrogen) atoms. The maximum atomic E-state index is 13.0. The summed E-state index contributed by atoms with van der Waals surface area (Å²) < 4.78 is 62.4. The van der Waals surface area contributed by atoms with Gasteiger partial charge in [-0.1, -0.05) is 4.41 Å². The predicted molar refractivity (Wildman–Crippen MR) is 61.0 cm³/mol. The summed E-state index contributed by atoms with van der Waals surface area (Å²) in [6.45, 7) is 0.906. The van der Waals surface area contributed by atoms with E-state index in [0.29, 0.717) is 12.1 Å². The Kier molecular flexibility index (Phi) is 4.73. The van der Waals surface area contributed by atoms with E-state index in [2.05, 4.69) is 0 Å². The van der Waals surface area contributed by atoms with Gasteiger partial charge >= 0.3 is 0 Å². The van der Waals surface area contributed by atoms with Crippen LogP contribution in [0.2, 0.25) is 0 Å². The number of amides is 1. The molecule has 0 saturated heterocycles. The molecule has 0 aliphatic rings. The van der Waals surface area contributed by atoms with Crippen LogP contribution in [0, 0.1) is 17.5 Å². The highest BCUT2D eigenvalue weighted by Crippen LogP contribution is 2.17. The Balaban J connectivity index is 3.06. The summed E-state index contributed by atoms with van der Waals surface area (Å²) in [5, 5.41) is 9.01. The number of carbonyl (C=O) groups is 1. The molecule has 0 heterocycles. The summed E-state index contributed by atoms with van der Waals surface area (Å²) in [7, 11) is -3.40. The summed E-state index contributed by atoms with van der Waals surface area (Å²) in [5.74, 6) is -6.70. The van der Waals surface area contributed by atoms with E-state index in [4.69, 9.17) is 0 Å². The van der Waals surface area contributed by atoms with E-state index >= 15 is 0 Å². The Morgan fingerprint density at radius 1 is 1.25 bits per heavy atom. The van der Waals surface area contributed by atoms with Crippen LogP contribution in [-0.2, 0) is 20.6 Å². The lowest BCUT2D eigenvalue weighted by molar-refractivity contribution is -0.203. The monoisotopic (exact) mass is 312 g/mol. The smallest absolute Gasteiger partial charge is 0.259 e. The molecule has 0 unspecified atom stereocenters. The van der Waals surface area contributed by atoms with E-state index in [1.165, 1.54) is 0 Å². The minimum atomic E-state index is -4.27. The van der Waals surface area contributed by atoms with Crippen LogP contribution in [0.1, 0.15) is 12.5 Å². The summed E-state index contributed by atoms with van der Waals surface area (Å²) in [6, 6.07) is 1.03. The normalized spacial score (nSPS) is 11.8. The van der Waals surface area contributed by atoms with Crippen molar-refractivity contribution >= 4 is 15.9 Å². The van der Waals surface area contributed by atoms with E-state index in [1.54, 1.807) is 0 Å². The fraction of sp³-hybridized carbons (Fsp3) is 0.300. The third kappa shape index (κ3) is 3.46. The van der Waals surface area contributed by atoms with E-state index in [1.807, 2.05) is 0 Å². The average Bonchev–Trinajstić information content (AvgIpc) is 2.33. The van der Waals surface area contributed by atoms with Gasteiger partial charge in [0.05, 0.1) is 5.75 Å². The highest BCUT2D eigenvalue weighted by atomic mass is 32.2. The van der Waals surface area contributed by atoms with Gasteiger partial charge in [-0.2, -0.15) is 0 Å². The summed E-state index contributed by atoms with van der Waals surface area (Å²) in [6.07, 6.45) is 0. The fourth-order valence-electron chi connectivity index (χ4n) is 1.31. The van der Waals surface area contributed by atoms with Crippen LogP contribution < -0.4 is 0 Å². The average molecular weight is 312 g/mol. The quantitative estimate of drug-likeness (QED) is 0.511. The first-order valence-electron chi connectivity index (χ1n) is 5.15. The first-order valence-corrected chi connectivity index (χ1v) is 6.76. The van der Waals surface area contributed by atoms with Gasteiger partial charge in [0.1, 0.15) is 0 Å². The highest BCUT2D eigenvalue weighted by Gasteiger charge is 2.26. The van der Waals surface area contributed by atoms with Crippen molar-refractivity contribution in [3.05, 3.63) is 35.1 Å². The number of sulfonamides is 1. The van der Waals surface area contributed by atoms with Crippen LogP contribution in [0.4, 0.5) is 13.2 Å². The zero-order valence-corrected chi connectivity index (χ0v) is 11.3. The second kappa shape index (κ2) is 5.77. The van der Waals surface area contributed by atoms with Crippen molar-refractivity contribution in [3.8, 4) is 0 Å². The van der Waals surface area contributed by atoms with Crippen molar-refractivity contribution in [3.63, 3.8) is 0 Å². The number of rotatable bonds is 4. The largest absolute Gasteiger partial charge is 0.271 e. The summed E-state index contributed by atoms with van der Waals surface area (Å²) in [5.41, 5.74) is -0.370. The molecule has 6 nitrogen and oxygen atoms in total. The zero-order valence-electron chi connectivity index (χ0n) is 10.5. The van der Waals surface area contributed by atoms with Gasteiger partial charge in [0.2, 0.25) is 10.0 Å². The van der Waals surface area contributed by atoms with Gasteiger partial charge in [0, 0.05) is 14.0 Å². The second-order valence-corrected chi connectivity index (χ2v) is 5.85. The first-order chi connectivity index (χ1) is 9.06. The molecular formula is C10H11F3N2O4S. The van der Waals surface area contributed by atoms with E-state index in [-0.39, 0.29) is 15.1 Å². The Labute approximate surface area is 113 Å².